The molecule has 6 heterocycles. The second-order valence-corrected chi connectivity index (χ2v) is 14.0. The van der Waals surface area contributed by atoms with Crippen LogP contribution in [0.1, 0.15) is 61.9 Å². The molecule has 44 heavy (non-hydrogen) atoms. The van der Waals surface area contributed by atoms with E-state index in [1.54, 1.807) is 0 Å². The number of piperazine rings is 1. The van der Waals surface area contributed by atoms with Crippen LogP contribution in [0, 0.1) is 6.92 Å². The van der Waals surface area contributed by atoms with E-state index < -0.39 is 5.60 Å². The molecule has 0 aliphatic carbocycles. The number of urea groups is 1. The normalized spacial score (nSPS) is 24.1. The summed E-state index contributed by atoms with van der Waals surface area (Å²) in [5, 5.41) is 1.09. The molecule has 3 amide bonds. The van der Waals surface area contributed by atoms with E-state index in [2.05, 4.69) is 47.0 Å². The van der Waals surface area contributed by atoms with Gasteiger partial charge in [-0.3, -0.25) is 9.80 Å². The Bertz CT molecular complexity index is 1580. The highest BCUT2D eigenvalue weighted by molar-refractivity contribution is 5.85. The molecular weight excluding hydrogens is 556 g/mol. The molecule has 234 valence electrons. The van der Waals surface area contributed by atoms with Gasteiger partial charge in [0.25, 0.3) is 0 Å². The van der Waals surface area contributed by atoms with Crippen molar-refractivity contribution in [3.8, 4) is 11.1 Å². The van der Waals surface area contributed by atoms with Crippen molar-refractivity contribution < 1.29 is 19.1 Å². The zero-order chi connectivity index (χ0) is 30.7. The van der Waals surface area contributed by atoms with Gasteiger partial charge in [-0.1, -0.05) is 6.07 Å². The van der Waals surface area contributed by atoms with Crippen molar-refractivity contribution in [3.63, 3.8) is 0 Å². The summed E-state index contributed by atoms with van der Waals surface area (Å²) >= 11 is 0. The summed E-state index contributed by atoms with van der Waals surface area (Å²) in [6, 6.07) is 7.31. The van der Waals surface area contributed by atoms with Crippen LogP contribution in [0.25, 0.3) is 22.2 Å². The molecule has 2 aromatic heterocycles. The first-order valence-electron chi connectivity index (χ1n) is 16.0. The minimum atomic E-state index is -0.609. The number of fused-ring (bicyclic) bond motifs is 4. The standard InChI is InChI=1S/C34H44N6O4/c1-21-15-35-31-27(21)14-24(16-36-31)23-12-22-8-9-38(32(41)39-17-25-6-7-26(18-39)37(25)5)19-29(22)28(13-23)30-20-43-11-10-40(30)33(42)44-34(2,3)4/h12-16,25-26,30H,6-11,17-20H2,1-5H3,(H,35,36)/t25?,26?,30-/m0/s1. The number of nitrogens with one attached hydrogen (secondary N) is 1. The van der Waals surface area contributed by atoms with Gasteiger partial charge in [0.05, 0.1) is 19.3 Å². The number of morpholine rings is 1. The van der Waals surface area contributed by atoms with Crippen molar-refractivity contribution in [2.75, 3.05) is 46.4 Å². The third-order valence-electron chi connectivity index (χ3n) is 9.95. The number of nitrogens with zero attached hydrogens (tertiary/aromatic N) is 5. The maximum atomic E-state index is 13.9. The average Bonchev–Trinajstić information content (AvgIpc) is 3.45. The number of aromatic nitrogens is 2. The van der Waals surface area contributed by atoms with Crippen LogP contribution in [0.2, 0.25) is 0 Å². The number of hydrogen-bond acceptors (Lipinski definition) is 6. The SMILES string of the molecule is Cc1c[nH]c2ncc(-c3cc4c(c([C@@H]5COCCN5C(=O)OC(C)(C)C)c3)CN(C(=O)N3CC5CCC(C3)N5C)CC4)cc12. The molecule has 10 heteroatoms. The molecule has 0 radical (unpaired) electrons. The van der Waals surface area contributed by atoms with E-state index in [4.69, 9.17) is 14.5 Å². The highest BCUT2D eigenvalue weighted by atomic mass is 16.6. The van der Waals surface area contributed by atoms with E-state index in [1.165, 1.54) is 5.56 Å². The summed E-state index contributed by atoms with van der Waals surface area (Å²) in [5.41, 5.74) is 6.83. The molecular formula is C34H44N6O4. The lowest BCUT2D eigenvalue weighted by Gasteiger charge is -2.43. The number of ether oxygens (including phenoxy) is 2. The highest BCUT2D eigenvalue weighted by Crippen LogP contribution is 2.38. The number of pyridine rings is 1. The van der Waals surface area contributed by atoms with Crippen molar-refractivity contribution >= 4 is 23.2 Å². The summed E-state index contributed by atoms with van der Waals surface area (Å²) in [5.74, 6) is 0. The van der Waals surface area contributed by atoms with Gasteiger partial charge in [0, 0.05) is 68.2 Å². The van der Waals surface area contributed by atoms with Crippen LogP contribution in [-0.2, 0) is 22.4 Å². The van der Waals surface area contributed by atoms with Crippen LogP contribution in [-0.4, -0.2) is 106 Å². The summed E-state index contributed by atoms with van der Waals surface area (Å²) in [6.45, 7) is 11.8. The number of H-pyrrole nitrogens is 1. The first-order chi connectivity index (χ1) is 21.1. The highest BCUT2D eigenvalue weighted by Gasteiger charge is 2.41. The first kappa shape index (κ1) is 29.1. The lowest BCUT2D eigenvalue weighted by Crippen LogP contribution is -2.57. The third-order valence-corrected chi connectivity index (χ3v) is 9.95. The Balaban J connectivity index is 1.26. The number of rotatable bonds is 2. The van der Waals surface area contributed by atoms with Gasteiger partial charge in [-0.25, -0.2) is 14.6 Å². The third kappa shape index (κ3) is 5.32. The molecule has 4 aliphatic heterocycles. The second-order valence-electron chi connectivity index (χ2n) is 14.0. The Morgan fingerprint density at radius 2 is 1.82 bits per heavy atom. The van der Waals surface area contributed by atoms with Crippen LogP contribution in [0.3, 0.4) is 0 Å². The Labute approximate surface area is 259 Å². The number of carbonyl (C=O) groups is 2. The quantitative estimate of drug-likeness (QED) is 0.440. The van der Waals surface area contributed by atoms with E-state index in [9.17, 15) is 9.59 Å². The van der Waals surface area contributed by atoms with Gasteiger partial charge in [-0.15, -0.1) is 0 Å². The molecule has 3 saturated heterocycles. The van der Waals surface area contributed by atoms with Gasteiger partial charge in [0.1, 0.15) is 11.2 Å². The average molecular weight is 601 g/mol. The minimum absolute atomic E-state index is 0.122. The number of amides is 3. The molecule has 1 N–H and O–H groups in total. The van der Waals surface area contributed by atoms with E-state index >= 15 is 0 Å². The Morgan fingerprint density at radius 1 is 1.05 bits per heavy atom. The zero-order valence-corrected chi connectivity index (χ0v) is 26.6. The number of carbonyl (C=O) groups excluding carboxylic acids is 2. The maximum Gasteiger partial charge on any atom is 0.410 e. The van der Waals surface area contributed by atoms with Crippen LogP contribution >= 0.6 is 0 Å². The molecule has 7 rings (SSSR count). The van der Waals surface area contributed by atoms with Gasteiger partial charge in [0.15, 0.2) is 0 Å². The van der Waals surface area contributed by atoms with E-state index in [0.717, 1.165) is 71.2 Å². The monoisotopic (exact) mass is 600 g/mol. The molecule has 0 spiro atoms. The summed E-state index contributed by atoms with van der Waals surface area (Å²) in [6.07, 6.45) is 6.62. The number of aryl methyl sites for hydroxylation is 1. The molecule has 3 atom stereocenters. The van der Waals surface area contributed by atoms with E-state index in [-0.39, 0.29) is 18.2 Å². The molecule has 3 aromatic rings. The van der Waals surface area contributed by atoms with Crippen molar-refractivity contribution in [3.05, 3.63) is 52.8 Å². The van der Waals surface area contributed by atoms with Gasteiger partial charge in [-0.05, 0) is 94.0 Å². The Morgan fingerprint density at radius 3 is 2.57 bits per heavy atom. The molecule has 2 unspecified atom stereocenters. The molecule has 3 fully saturated rings. The first-order valence-corrected chi connectivity index (χ1v) is 16.0. The number of hydrogen-bond donors (Lipinski definition) is 1. The fourth-order valence-electron chi connectivity index (χ4n) is 7.49. The molecule has 10 nitrogen and oxygen atoms in total. The van der Waals surface area contributed by atoms with Gasteiger partial charge < -0.3 is 24.3 Å². The van der Waals surface area contributed by atoms with Crippen LogP contribution < -0.4 is 0 Å². The number of likely N-dealkylation sites (N-methyl/N-ethyl adjacent to an activating group) is 1. The fourth-order valence-corrected chi connectivity index (χ4v) is 7.49. The van der Waals surface area contributed by atoms with Crippen LogP contribution in [0.4, 0.5) is 9.59 Å². The Kier molecular flexibility index (Phi) is 7.32. The lowest BCUT2D eigenvalue weighted by molar-refractivity contribution is -0.0334. The maximum absolute atomic E-state index is 13.9. The van der Waals surface area contributed by atoms with Gasteiger partial charge in [0.2, 0.25) is 0 Å². The van der Waals surface area contributed by atoms with E-state index in [1.807, 2.05) is 43.0 Å². The van der Waals surface area contributed by atoms with Crippen molar-refractivity contribution in [2.45, 2.75) is 77.2 Å². The Hall–Kier alpha value is -3.63. The second kappa shape index (κ2) is 11.1. The summed E-state index contributed by atoms with van der Waals surface area (Å²) in [4.78, 5) is 43.7. The number of benzene rings is 1. The molecule has 0 saturated carbocycles. The van der Waals surface area contributed by atoms with Crippen molar-refractivity contribution in [1.82, 2.24) is 29.6 Å². The van der Waals surface area contributed by atoms with Gasteiger partial charge >= 0.3 is 12.1 Å². The largest absolute Gasteiger partial charge is 0.444 e. The number of aromatic amines is 1. The fraction of sp³-hybridized carbons (Fsp3) is 0.559. The minimum Gasteiger partial charge on any atom is -0.444 e. The summed E-state index contributed by atoms with van der Waals surface area (Å²) < 4.78 is 11.9. The summed E-state index contributed by atoms with van der Waals surface area (Å²) in [7, 11) is 2.19. The predicted molar refractivity (Wildman–Crippen MR) is 168 cm³/mol. The van der Waals surface area contributed by atoms with Gasteiger partial charge in [-0.2, -0.15) is 0 Å². The molecule has 1 aromatic carbocycles. The van der Waals surface area contributed by atoms with Crippen LogP contribution in [0.5, 0.6) is 0 Å². The zero-order valence-electron chi connectivity index (χ0n) is 26.6. The van der Waals surface area contributed by atoms with Crippen molar-refractivity contribution in [1.29, 1.82) is 0 Å². The lowest BCUT2D eigenvalue weighted by atomic mass is 9.87. The topological polar surface area (TPSA) is 94.2 Å². The van der Waals surface area contributed by atoms with E-state index in [0.29, 0.717) is 44.9 Å². The number of likely N-dealkylation sites (tertiary alicyclic amines) is 1. The smallest absolute Gasteiger partial charge is 0.410 e. The molecule has 2 bridgehead atoms. The molecule has 4 aliphatic rings. The van der Waals surface area contributed by atoms with Crippen molar-refractivity contribution in [2.24, 2.45) is 0 Å². The predicted octanol–water partition coefficient (Wildman–Crippen LogP) is 5.10. The van der Waals surface area contributed by atoms with Crippen LogP contribution in [0.15, 0.2) is 30.6 Å².